The molecule has 98 valence electrons. The van der Waals surface area contributed by atoms with Crippen molar-refractivity contribution in [2.75, 3.05) is 19.6 Å². The Balaban J connectivity index is 1.72. The number of nitrogens with two attached hydrogens (primary N) is 1. The average molecular weight is 244 g/mol. The molecule has 0 radical (unpaired) electrons. The summed E-state index contributed by atoms with van der Waals surface area (Å²) in [6.45, 7) is 3.38. The van der Waals surface area contributed by atoms with Crippen molar-refractivity contribution < 1.29 is 0 Å². The van der Waals surface area contributed by atoms with Crippen LogP contribution in [-0.2, 0) is 6.42 Å². The summed E-state index contributed by atoms with van der Waals surface area (Å²) >= 11 is 0. The molecule has 1 heterocycles. The SMILES string of the molecule is NCCC1CCCN(C2CCc3ccccc32)C1. The minimum Gasteiger partial charge on any atom is -0.330 e. The summed E-state index contributed by atoms with van der Waals surface area (Å²) in [7, 11) is 0. The van der Waals surface area contributed by atoms with Gasteiger partial charge in [-0.15, -0.1) is 0 Å². The van der Waals surface area contributed by atoms with Crippen LogP contribution in [0.2, 0.25) is 0 Å². The number of hydrogen-bond acceptors (Lipinski definition) is 2. The van der Waals surface area contributed by atoms with E-state index in [1.807, 2.05) is 0 Å². The highest BCUT2D eigenvalue weighted by atomic mass is 15.2. The zero-order chi connectivity index (χ0) is 12.4. The van der Waals surface area contributed by atoms with Crippen LogP contribution in [0, 0.1) is 5.92 Å². The molecule has 2 N–H and O–H groups in total. The number of fused-ring (bicyclic) bond motifs is 1. The largest absolute Gasteiger partial charge is 0.330 e. The highest BCUT2D eigenvalue weighted by molar-refractivity contribution is 5.34. The summed E-state index contributed by atoms with van der Waals surface area (Å²) in [6, 6.07) is 9.69. The lowest BCUT2D eigenvalue weighted by Crippen LogP contribution is -2.38. The zero-order valence-corrected chi connectivity index (χ0v) is 11.1. The van der Waals surface area contributed by atoms with E-state index in [4.69, 9.17) is 5.73 Å². The monoisotopic (exact) mass is 244 g/mol. The molecule has 3 rings (SSSR count). The molecule has 0 bridgehead atoms. The van der Waals surface area contributed by atoms with Gasteiger partial charge in [-0.05, 0) is 62.2 Å². The molecule has 0 amide bonds. The fourth-order valence-electron chi connectivity index (χ4n) is 3.77. The Morgan fingerprint density at radius 3 is 3.00 bits per heavy atom. The number of nitrogens with zero attached hydrogens (tertiary/aromatic N) is 1. The predicted octanol–water partition coefficient (Wildman–Crippen LogP) is 2.73. The Labute approximate surface area is 110 Å². The standard InChI is InChI=1S/C16H24N2/c17-10-9-13-4-3-11-18(12-13)16-8-7-14-5-1-2-6-15(14)16/h1-2,5-6,13,16H,3-4,7-12,17H2. The van der Waals surface area contributed by atoms with Gasteiger partial charge in [-0.25, -0.2) is 0 Å². The molecule has 0 aromatic heterocycles. The van der Waals surface area contributed by atoms with Crippen molar-refractivity contribution in [1.29, 1.82) is 0 Å². The lowest BCUT2D eigenvalue weighted by atomic mass is 9.93. The van der Waals surface area contributed by atoms with E-state index in [1.165, 1.54) is 45.2 Å². The van der Waals surface area contributed by atoms with Gasteiger partial charge in [-0.2, -0.15) is 0 Å². The number of benzene rings is 1. The Hall–Kier alpha value is -0.860. The summed E-state index contributed by atoms with van der Waals surface area (Å²) in [4.78, 5) is 2.72. The summed E-state index contributed by atoms with van der Waals surface area (Å²) in [5, 5.41) is 0. The van der Waals surface area contributed by atoms with Gasteiger partial charge in [0, 0.05) is 12.6 Å². The van der Waals surface area contributed by atoms with E-state index in [0.29, 0.717) is 6.04 Å². The van der Waals surface area contributed by atoms with Crippen LogP contribution >= 0.6 is 0 Å². The number of piperidine rings is 1. The van der Waals surface area contributed by atoms with Gasteiger partial charge < -0.3 is 5.73 Å². The molecule has 1 aliphatic heterocycles. The Kier molecular flexibility index (Phi) is 3.67. The van der Waals surface area contributed by atoms with E-state index in [2.05, 4.69) is 29.2 Å². The molecule has 1 aromatic carbocycles. The van der Waals surface area contributed by atoms with Crippen LogP contribution in [0.5, 0.6) is 0 Å². The summed E-state index contributed by atoms with van der Waals surface area (Å²) in [5.41, 5.74) is 8.88. The molecule has 18 heavy (non-hydrogen) atoms. The van der Waals surface area contributed by atoms with E-state index in [-0.39, 0.29) is 0 Å². The fraction of sp³-hybridized carbons (Fsp3) is 0.625. The summed E-state index contributed by atoms with van der Waals surface area (Å²) < 4.78 is 0. The van der Waals surface area contributed by atoms with E-state index in [1.54, 1.807) is 11.1 Å². The van der Waals surface area contributed by atoms with Gasteiger partial charge in [0.2, 0.25) is 0 Å². The van der Waals surface area contributed by atoms with Crippen molar-refractivity contribution in [3.8, 4) is 0 Å². The first-order chi connectivity index (χ1) is 8.88. The van der Waals surface area contributed by atoms with Crippen LogP contribution in [0.15, 0.2) is 24.3 Å². The highest BCUT2D eigenvalue weighted by Gasteiger charge is 2.30. The van der Waals surface area contributed by atoms with Crippen LogP contribution < -0.4 is 5.73 Å². The summed E-state index contributed by atoms with van der Waals surface area (Å²) in [5.74, 6) is 0.830. The Morgan fingerprint density at radius 2 is 2.11 bits per heavy atom. The molecule has 2 unspecified atom stereocenters. The van der Waals surface area contributed by atoms with Crippen molar-refractivity contribution in [1.82, 2.24) is 4.90 Å². The van der Waals surface area contributed by atoms with Gasteiger partial charge in [0.1, 0.15) is 0 Å². The lowest BCUT2D eigenvalue weighted by Gasteiger charge is -2.37. The van der Waals surface area contributed by atoms with Crippen LogP contribution in [0.3, 0.4) is 0 Å². The minimum absolute atomic E-state index is 0.682. The van der Waals surface area contributed by atoms with Gasteiger partial charge in [0.05, 0.1) is 0 Å². The molecule has 0 spiro atoms. The lowest BCUT2D eigenvalue weighted by molar-refractivity contribution is 0.120. The van der Waals surface area contributed by atoms with Crippen LogP contribution in [0.1, 0.15) is 42.9 Å². The van der Waals surface area contributed by atoms with Crippen LogP contribution in [0.25, 0.3) is 0 Å². The molecular weight excluding hydrogens is 220 g/mol. The van der Waals surface area contributed by atoms with Gasteiger partial charge in [0.25, 0.3) is 0 Å². The third kappa shape index (κ3) is 2.32. The molecular formula is C16H24N2. The van der Waals surface area contributed by atoms with Gasteiger partial charge in [0.15, 0.2) is 0 Å². The first-order valence-electron chi connectivity index (χ1n) is 7.40. The maximum atomic E-state index is 5.72. The van der Waals surface area contributed by atoms with E-state index in [9.17, 15) is 0 Å². The highest BCUT2D eigenvalue weighted by Crippen LogP contribution is 2.37. The predicted molar refractivity (Wildman–Crippen MR) is 75.5 cm³/mol. The molecule has 1 aliphatic carbocycles. The average Bonchev–Trinajstić information content (AvgIpc) is 2.83. The fourth-order valence-corrected chi connectivity index (χ4v) is 3.77. The maximum Gasteiger partial charge on any atom is 0.0354 e. The second kappa shape index (κ2) is 5.41. The van der Waals surface area contributed by atoms with Crippen molar-refractivity contribution in [2.24, 2.45) is 11.7 Å². The quantitative estimate of drug-likeness (QED) is 0.886. The zero-order valence-electron chi connectivity index (χ0n) is 11.1. The number of hydrogen-bond donors (Lipinski definition) is 1. The second-order valence-corrected chi connectivity index (χ2v) is 5.83. The van der Waals surface area contributed by atoms with Crippen molar-refractivity contribution in [3.63, 3.8) is 0 Å². The normalized spacial score (nSPS) is 28.3. The van der Waals surface area contributed by atoms with Crippen molar-refractivity contribution in [3.05, 3.63) is 35.4 Å². The van der Waals surface area contributed by atoms with E-state index >= 15 is 0 Å². The molecule has 2 nitrogen and oxygen atoms in total. The number of rotatable bonds is 3. The first kappa shape index (κ1) is 12.2. The molecule has 2 atom stereocenters. The summed E-state index contributed by atoms with van der Waals surface area (Å²) in [6.07, 6.45) is 6.50. The topological polar surface area (TPSA) is 29.3 Å². The minimum atomic E-state index is 0.682. The van der Waals surface area contributed by atoms with Gasteiger partial charge in [-0.1, -0.05) is 24.3 Å². The van der Waals surface area contributed by atoms with Gasteiger partial charge >= 0.3 is 0 Å². The molecule has 2 heteroatoms. The third-order valence-electron chi connectivity index (χ3n) is 4.67. The number of likely N-dealkylation sites (tertiary alicyclic amines) is 1. The molecule has 2 aliphatic rings. The van der Waals surface area contributed by atoms with Crippen molar-refractivity contribution in [2.45, 2.75) is 38.1 Å². The second-order valence-electron chi connectivity index (χ2n) is 5.83. The molecule has 0 saturated carbocycles. The smallest absolute Gasteiger partial charge is 0.0354 e. The van der Waals surface area contributed by atoms with E-state index in [0.717, 1.165) is 12.5 Å². The van der Waals surface area contributed by atoms with Crippen LogP contribution in [0.4, 0.5) is 0 Å². The van der Waals surface area contributed by atoms with Crippen LogP contribution in [-0.4, -0.2) is 24.5 Å². The number of aryl methyl sites for hydroxylation is 1. The Morgan fingerprint density at radius 1 is 1.22 bits per heavy atom. The third-order valence-corrected chi connectivity index (χ3v) is 4.67. The molecule has 1 fully saturated rings. The van der Waals surface area contributed by atoms with Crippen molar-refractivity contribution >= 4 is 0 Å². The first-order valence-corrected chi connectivity index (χ1v) is 7.40. The molecule has 1 aromatic rings. The van der Waals surface area contributed by atoms with Gasteiger partial charge in [-0.3, -0.25) is 4.90 Å². The molecule has 1 saturated heterocycles. The Bertz CT molecular complexity index is 400. The maximum absolute atomic E-state index is 5.72. The van der Waals surface area contributed by atoms with E-state index < -0.39 is 0 Å².